The molecule has 0 bridgehead atoms. The van der Waals surface area contributed by atoms with Gasteiger partial charge in [0, 0.05) is 62.6 Å². The van der Waals surface area contributed by atoms with Gasteiger partial charge in [0.25, 0.3) is 0 Å². The number of anilines is 13. The molecule has 0 aliphatic rings. The maximum atomic E-state index is 9.76. The molecule has 0 heterocycles. The molecule has 12 aromatic carbocycles. The second-order valence-electron chi connectivity index (χ2n) is 14.8. The van der Waals surface area contributed by atoms with Crippen molar-refractivity contribution in [3.8, 4) is 33.4 Å². The van der Waals surface area contributed by atoms with E-state index in [0.717, 1.165) is 0 Å². The first-order valence-corrected chi connectivity index (χ1v) is 21.7. The van der Waals surface area contributed by atoms with Crippen LogP contribution in [0.3, 0.4) is 0 Å². The van der Waals surface area contributed by atoms with Crippen LogP contribution in [-0.4, -0.2) is 0 Å². The molecule has 5 nitrogen and oxygen atoms in total. The minimum atomic E-state index is -1.54. The van der Waals surface area contributed by atoms with Crippen LogP contribution in [0.25, 0.3) is 33.4 Å². The summed E-state index contributed by atoms with van der Waals surface area (Å²) in [4.78, 5) is 0.826. The Morgan fingerprint density at radius 1 is 0.182 bits per heavy atom. The summed E-state index contributed by atoms with van der Waals surface area (Å²) in [6.07, 6.45) is 0. The van der Waals surface area contributed by atoms with Gasteiger partial charge in [0.05, 0.1) is 84.0 Å². The third-order valence-corrected chi connectivity index (χ3v) is 10.2. The van der Waals surface area contributed by atoms with Gasteiger partial charge in [0.15, 0.2) is 0 Å². The highest BCUT2D eigenvalue weighted by Crippen LogP contribution is 2.42. The molecule has 0 saturated carbocycles. The molecule has 5 heteroatoms. The summed E-state index contributed by atoms with van der Waals surface area (Å²) in [5.74, 6) is 0. The predicted octanol–water partition coefficient (Wildman–Crippen LogP) is 20.1. The molecule has 2 N–H and O–H groups in total. The van der Waals surface area contributed by atoms with Gasteiger partial charge >= 0.3 is 0 Å². The number of rotatable bonds is 15. The van der Waals surface area contributed by atoms with Gasteiger partial charge in [-0.25, -0.2) is 0 Å². The molecule has 0 aliphatic heterocycles. The second-order valence-corrected chi connectivity index (χ2v) is 14.8. The van der Waals surface area contributed by atoms with Gasteiger partial charge in [-0.1, -0.05) is 175 Å². The first-order valence-electron chi connectivity index (χ1n) is 48.2. The molecule has 0 atom stereocenters. The van der Waals surface area contributed by atoms with Crippen LogP contribution >= 0.6 is 0 Å². The summed E-state index contributed by atoms with van der Waals surface area (Å²) in [7, 11) is 0. The van der Waals surface area contributed by atoms with E-state index < -0.39 is 428 Å². The Labute approximate surface area is 526 Å². The summed E-state index contributed by atoms with van der Waals surface area (Å²) in [6.45, 7) is 0. The maximum Gasteiger partial charge on any atom is 0.0691 e. The van der Waals surface area contributed by atoms with Gasteiger partial charge in [-0.3, -0.25) is 0 Å². The van der Waals surface area contributed by atoms with Crippen LogP contribution in [-0.2, 0) is 0 Å². The molecule has 0 aliphatic carbocycles. The standard InChI is InChI=1S/C72H55N5/c73-71-28-16-17-29-72(71)77(69-50-38-58(39-51-69)56-32-44-66(45-33-56)75(62-22-10-3-11-23-62)63-24-12-4-13-25-63)70-52-40-59(41-53-70)57-36-48-68(49-37-57)76(64-26-14-5-15-27-64)67-46-34-55(35-47-67)54-30-42-65(43-31-54)74(60-18-6-1-7-19-60)61-20-8-2-9-21-61/h1-53H,73H2/i1D,2D,3D,4D,5D,6D,7D,8D,9D,10D,11D,12D,13D,14D,15D,16D,17D,18D,19D,20D,21D,22D,23D,24D,25D,26D,27D,28D,29D,30D,31D,32D,33D,34D,35D,36D,37D,38D,39D,40D,41D,42D,43D,44D,45D,46D,47D,48D,49D,50D,51D,52D,53D. The molecule has 12 aromatic rings. The molecular formula is C72H55N5. The summed E-state index contributed by atoms with van der Waals surface area (Å²) < 4.78 is 482. The smallest absolute Gasteiger partial charge is 0.0691 e. The summed E-state index contributed by atoms with van der Waals surface area (Å²) in [6, 6.07) is -69.0. The minimum Gasteiger partial charge on any atom is -0.397 e. The topological polar surface area (TPSA) is 39.0 Å². The fourth-order valence-corrected chi connectivity index (χ4v) is 6.87. The quantitative estimate of drug-likeness (QED) is 0.104. The molecule has 12 rings (SSSR count). The zero-order chi connectivity index (χ0) is 97.9. The van der Waals surface area contributed by atoms with Crippen molar-refractivity contribution in [1.82, 2.24) is 0 Å². The van der Waals surface area contributed by atoms with Crippen LogP contribution in [0.1, 0.15) is 72.7 Å². The summed E-state index contributed by atoms with van der Waals surface area (Å²) in [5, 5.41) is 0. The number of nitrogens with zero attached hydrogens (tertiary/aromatic N) is 4. The van der Waals surface area contributed by atoms with E-state index in [1.54, 1.807) is 0 Å². The van der Waals surface area contributed by atoms with Crippen molar-refractivity contribution in [3.63, 3.8) is 0 Å². The average Bonchev–Trinajstić information content (AvgIpc) is 0.697. The highest BCUT2D eigenvalue weighted by Gasteiger charge is 2.19. The third kappa shape index (κ3) is 10.3. The number of para-hydroxylation sites is 7. The molecule has 0 saturated heterocycles. The van der Waals surface area contributed by atoms with Gasteiger partial charge < -0.3 is 25.3 Å². The first kappa shape index (κ1) is 16.8. The zero-order valence-corrected chi connectivity index (χ0v) is 38.4. The molecule has 0 fully saturated rings. The molecule has 368 valence electrons. The highest BCUT2D eigenvalue weighted by molar-refractivity contribution is 5.87. The zero-order valence-electron chi connectivity index (χ0n) is 91.4. The molecule has 77 heavy (non-hydrogen) atoms. The minimum absolute atomic E-state index is 0.121. The van der Waals surface area contributed by atoms with Gasteiger partial charge in [-0.15, -0.1) is 0 Å². The normalized spacial score (nSPS) is 20.5. The molecule has 0 amide bonds. The summed E-state index contributed by atoms with van der Waals surface area (Å²) >= 11 is 0. The van der Waals surface area contributed by atoms with E-state index in [9.17, 15) is 37.0 Å². The Bertz CT molecular complexity index is 6230. The highest BCUT2D eigenvalue weighted by atomic mass is 15.2. The molecule has 0 spiro atoms. The third-order valence-electron chi connectivity index (χ3n) is 10.2. The number of nitrogen functional groups attached to an aromatic ring is 1. The Morgan fingerprint density at radius 3 is 0.571 bits per heavy atom. The Balaban J connectivity index is 1.09. The van der Waals surface area contributed by atoms with Crippen molar-refractivity contribution in [3.05, 3.63) is 320 Å². The Morgan fingerprint density at radius 2 is 0.351 bits per heavy atom. The lowest BCUT2D eigenvalue weighted by molar-refractivity contribution is 1.28. The van der Waals surface area contributed by atoms with Crippen LogP contribution in [0.4, 0.5) is 73.9 Å². The van der Waals surface area contributed by atoms with Crippen LogP contribution in [0, 0.1) is 0 Å². The van der Waals surface area contributed by atoms with Gasteiger partial charge in [0.2, 0.25) is 0 Å². The van der Waals surface area contributed by atoms with Crippen LogP contribution in [0.15, 0.2) is 320 Å². The van der Waals surface area contributed by atoms with Crippen molar-refractivity contribution < 1.29 is 72.7 Å². The van der Waals surface area contributed by atoms with E-state index in [4.69, 9.17) is 41.4 Å². The van der Waals surface area contributed by atoms with E-state index >= 15 is 0 Å². The molecule has 0 unspecified atom stereocenters. The largest absolute Gasteiger partial charge is 0.397 e. The monoisotopic (exact) mass is 1040 g/mol. The summed E-state index contributed by atoms with van der Waals surface area (Å²) in [5.41, 5.74) is -16.8. The molecule has 0 radical (unpaired) electrons. The van der Waals surface area contributed by atoms with Gasteiger partial charge in [-0.05, 0) is 178 Å². The molecular weight excluding hydrogens is 935 g/mol. The predicted molar refractivity (Wildman–Crippen MR) is 326 cm³/mol. The number of benzene rings is 12. The van der Waals surface area contributed by atoms with Crippen LogP contribution in [0.2, 0.25) is 0 Å². The Hall–Kier alpha value is -10.4. The fourth-order valence-electron chi connectivity index (χ4n) is 6.87. The Kier molecular flexibility index (Phi) is 4.81. The molecule has 0 aromatic heterocycles. The lowest BCUT2D eigenvalue weighted by atomic mass is 10.0. The van der Waals surface area contributed by atoms with Crippen molar-refractivity contribution in [2.24, 2.45) is 0 Å². The van der Waals surface area contributed by atoms with E-state index in [-0.39, 0.29) is 19.6 Å². The van der Waals surface area contributed by atoms with Crippen molar-refractivity contribution in [2.75, 3.05) is 25.3 Å². The van der Waals surface area contributed by atoms with Crippen LogP contribution < -0.4 is 25.3 Å². The van der Waals surface area contributed by atoms with Crippen LogP contribution in [0.5, 0.6) is 0 Å². The van der Waals surface area contributed by atoms with Crippen molar-refractivity contribution in [2.45, 2.75) is 0 Å². The lowest BCUT2D eigenvalue weighted by Gasteiger charge is -2.27. The van der Waals surface area contributed by atoms with E-state index in [1.807, 2.05) is 0 Å². The number of hydrogen-bond donors (Lipinski definition) is 1. The average molecular weight is 1040 g/mol. The van der Waals surface area contributed by atoms with E-state index in [0.29, 0.717) is 0 Å². The van der Waals surface area contributed by atoms with E-state index in [1.165, 1.54) is 0 Å². The fraction of sp³-hybridized carbons (Fsp3) is 0. The lowest BCUT2D eigenvalue weighted by Crippen LogP contribution is -2.12. The SMILES string of the molecule is [2H]c1c([2H])c([2H])c(N(c2c([2H])c([2H])c([2H])c([2H])c2[2H])c2c([2H])c([2H])c(-c3c([2H])c([2H])c(N(c4c([2H])c([2H])c([2H])c([2H])c4[2H])c4c([2H])c([2H])c(-c5c([2H])c([2H])c(N(c6c([2H])c([2H])c(-c7c([2H])c([2H])c(N(c8c([2H])c([2H])c([2H])c([2H])c8[2H])c8c([2H])c([2H])c([2H])c([2H])c8[2H])c([2H])c7[2H])c([2H])c6[2H])c6c([2H])c([2H])c([2H])c([2H])c6N)c([2H])c5[2H])c([2H])c4[2H])c([2H])c3[2H])c([2H])c2[2H])c([2H])c1[2H]. The van der Waals surface area contributed by atoms with Gasteiger partial charge in [-0.2, -0.15) is 0 Å². The number of hydrogen-bond acceptors (Lipinski definition) is 5. The number of nitrogens with two attached hydrogens (primary N) is 1. The first-order chi connectivity index (χ1) is 60.2. The van der Waals surface area contributed by atoms with Crippen molar-refractivity contribution >= 4 is 73.9 Å². The second kappa shape index (κ2) is 22.0. The van der Waals surface area contributed by atoms with Crippen molar-refractivity contribution in [1.29, 1.82) is 0 Å². The maximum absolute atomic E-state index is 9.76. The van der Waals surface area contributed by atoms with E-state index in [2.05, 4.69) is 0 Å². The van der Waals surface area contributed by atoms with Gasteiger partial charge in [0.1, 0.15) is 0 Å².